The molecule has 70 valence electrons. The Morgan fingerprint density at radius 3 is 1.25 bits per heavy atom. The predicted molar refractivity (Wildman–Crippen MR) is 36.4 cm³/mol. The van der Waals surface area contributed by atoms with Crippen molar-refractivity contribution >= 4 is 11.9 Å². The minimum absolute atomic E-state index is 0.799. The number of hydrogen-bond acceptors (Lipinski definition) is 4. The predicted octanol–water partition coefficient (Wildman–Crippen LogP) is -1.63. The van der Waals surface area contributed by atoms with E-state index in [2.05, 4.69) is 0 Å². The molecule has 0 saturated carbocycles. The van der Waals surface area contributed by atoms with Gasteiger partial charge in [0, 0.05) is 0 Å². The van der Waals surface area contributed by atoms with Crippen LogP contribution in [-0.4, -0.2) is 45.6 Å². The number of carboxylic acid groups (broad SMARTS) is 2. The van der Waals surface area contributed by atoms with Gasteiger partial charge < -0.3 is 20.4 Å². The minimum Gasteiger partial charge on any atom is -0.481 e. The molecule has 0 saturated heterocycles. The van der Waals surface area contributed by atoms with Crippen LogP contribution in [0.25, 0.3) is 0 Å². The minimum atomic E-state index is -1.45. The molecule has 0 aliphatic heterocycles. The van der Waals surface area contributed by atoms with Gasteiger partial charge in [0.25, 0.3) is 0 Å². The van der Waals surface area contributed by atoms with E-state index in [4.69, 9.17) is 20.4 Å². The molecule has 6 heteroatoms. The number of aliphatic hydroxyl groups excluding tert-OH is 2. The van der Waals surface area contributed by atoms with Crippen LogP contribution in [-0.2, 0) is 9.59 Å². The maximum atomic E-state index is 10.3. The van der Waals surface area contributed by atoms with Gasteiger partial charge in [-0.15, -0.1) is 0 Å². The van der Waals surface area contributed by atoms with Crippen LogP contribution in [0.4, 0.5) is 0 Å². The normalized spacial score (nSPS) is 15.2. The maximum Gasteiger partial charge on any atom is 0.309 e. The summed E-state index contributed by atoms with van der Waals surface area (Å²) in [4.78, 5) is 20.6. The van der Waals surface area contributed by atoms with Gasteiger partial charge in [0.05, 0.1) is 25.0 Å². The lowest BCUT2D eigenvalue weighted by molar-refractivity contribution is -0.157. The van der Waals surface area contributed by atoms with Crippen molar-refractivity contribution in [3.05, 3.63) is 0 Å². The second-order valence-corrected chi connectivity index (χ2v) is 2.25. The van der Waals surface area contributed by atoms with Crippen LogP contribution in [0.15, 0.2) is 0 Å². The zero-order chi connectivity index (χ0) is 9.72. The van der Waals surface area contributed by atoms with Gasteiger partial charge in [-0.2, -0.15) is 0 Å². The van der Waals surface area contributed by atoms with Gasteiger partial charge in [-0.3, -0.25) is 9.59 Å². The quantitative estimate of drug-likeness (QED) is 0.402. The van der Waals surface area contributed by atoms with E-state index in [1.807, 2.05) is 0 Å². The Bertz CT molecular complexity index is 157. The standard InChI is InChI=1S/C6H10O6/c7-1-3(5(9)10)4(2-8)6(11)12/h3-4,7-8H,1-2H2,(H,9,10)(H,11,12)/t3-,4-/m0/s1. The molecule has 0 heterocycles. The first-order chi connectivity index (χ1) is 5.54. The van der Waals surface area contributed by atoms with E-state index in [0.29, 0.717) is 0 Å². The number of rotatable bonds is 5. The van der Waals surface area contributed by atoms with Crippen molar-refractivity contribution in [1.29, 1.82) is 0 Å². The summed E-state index contributed by atoms with van der Waals surface area (Å²) < 4.78 is 0. The van der Waals surface area contributed by atoms with E-state index in [1.165, 1.54) is 0 Å². The maximum absolute atomic E-state index is 10.3. The van der Waals surface area contributed by atoms with E-state index in [1.54, 1.807) is 0 Å². The number of carboxylic acids is 2. The molecule has 0 bridgehead atoms. The van der Waals surface area contributed by atoms with E-state index in [9.17, 15) is 9.59 Å². The largest absolute Gasteiger partial charge is 0.481 e. The van der Waals surface area contributed by atoms with Gasteiger partial charge in [-0.25, -0.2) is 0 Å². The molecular weight excluding hydrogens is 168 g/mol. The zero-order valence-corrected chi connectivity index (χ0v) is 6.17. The second kappa shape index (κ2) is 4.68. The molecule has 0 aromatic carbocycles. The Morgan fingerprint density at radius 2 is 1.17 bits per heavy atom. The first-order valence-electron chi connectivity index (χ1n) is 3.22. The van der Waals surface area contributed by atoms with Crippen molar-refractivity contribution in [2.45, 2.75) is 0 Å². The van der Waals surface area contributed by atoms with Crippen molar-refractivity contribution in [3.63, 3.8) is 0 Å². The summed E-state index contributed by atoms with van der Waals surface area (Å²) in [5.41, 5.74) is 0. The van der Waals surface area contributed by atoms with Crippen LogP contribution in [0.2, 0.25) is 0 Å². The Balaban J connectivity index is 4.44. The lowest BCUT2D eigenvalue weighted by Crippen LogP contribution is -2.34. The van der Waals surface area contributed by atoms with Crippen LogP contribution in [0.5, 0.6) is 0 Å². The highest BCUT2D eigenvalue weighted by molar-refractivity contribution is 5.80. The van der Waals surface area contributed by atoms with Crippen molar-refractivity contribution in [2.24, 2.45) is 11.8 Å². The van der Waals surface area contributed by atoms with Gasteiger partial charge >= 0.3 is 11.9 Å². The Kier molecular flexibility index (Phi) is 4.24. The molecule has 12 heavy (non-hydrogen) atoms. The SMILES string of the molecule is O=C(O)[C@@H](CO)[C@H](CO)C(=O)O. The lowest BCUT2D eigenvalue weighted by Gasteiger charge is -2.14. The molecule has 0 aromatic heterocycles. The van der Waals surface area contributed by atoms with E-state index in [-0.39, 0.29) is 0 Å². The van der Waals surface area contributed by atoms with Crippen LogP contribution < -0.4 is 0 Å². The zero-order valence-electron chi connectivity index (χ0n) is 6.17. The molecule has 0 aromatic rings. The molecular formula is C6H10O6. The second-order valence-electron chi connectivity index (χ2n) is 2.25. The highest BCUT2D eigenvalue weighted by Crippen LogP contribution is 2.11. The Labute approximate surface area is 68.1 Å². The third-order valence-electron chi connectivity index (χ3n) is 1.51. The molecule has 0 spiro atoms. The fourth-order valence-corrected chi connectivity index (χ4v) is 0.755. The van der Waals surface area contributed by atoms with Gasteiger partial charge in [-0.05, 0) is 0 Å². The fourth-order valence-electron chi connectivity index (χ4n) is 0.755. The summed E-state index contributed by atoms with van der Waals surface area (Å²) in [5.74, 6) is -5.77. The highest BCUT2D eigenvalue weighted by atomic mass is 16.4. The smallest absolute Gasteiger partial charge is 0.309 e. The summed E-state index contributed by atoms with van der Waals surface area (Å²) in [7, 11) is 0. The van der Waals surface area contributed by atoms with Crippen LogP contribution in [0.3, 0.4) is 0 Å². The average molecular weight is 178 g/mol. The molecule has 0 radical (unpaired) electrons. The van der Waals surface area contributed by atoms with Crippen molar-refractivity contribution in [2.75, 3.05) is 13.2 Å². The number of aliphatic hydroxyl groups is 2. The summed E-state index contributed by atoms with van der Waals surface area (Å²) in [5, 5.41) is 33.8. The van der Waals surface area contributed by atoms with Gasteiger partial charge in [0.1, 0.15) is 0 Å². The Hall–Kier alpha value is -1.14. The number of carbonyl (C=O) groups is 2. The molecule has 0 unspecified atom stereocenters. The van der Waals surface area contributed by atoms with Crippen molar-refractivity contribution in [3.8, 4) is 0 Å². The number of aliphatic carboxylic acids is 2. The topological polar surface area (TPSA) is 115 Å². The van der Waals surface area contributed by atoms with E-state index in [0.717, 1.165) is 0 Å². The molecule has 0 aliphatic rings. The fraction of sp³-hybridized carbons (Fsp3) is 0.667. The van der Waals surface area contributed by atoms with Crippen LogP contribution in [0.1, 0.15) is 0 Å². The molecule has 0 rings (SSSR count). The van der Waals surface area contributed by atoms with Crippen molar-refractivity contribution < 1.29 is 30.0 Å². The highest BCUT2D eigenvalue weighted by Gasteiger charge is 2.32. The Morgan fingerprint density at radius 1 is 0.917 bits per heavy atom. The third-order valence-corrected chi connectivity index (χ3v) is 1.51. The van der Waals surface area contributed by atoms with E-state index < -0.39 is 37.0 Å². The summed E-state index contributed by atoms with van der Waals surface area (Å²) >= 11 is 0. The first kappa shape index (κ1) is 10.9. The lowest BCUT2D eigenvalue weighted by atomic mass is 9.94. The first-order valence-corrected chi connectivity index (χ1v) is 3.22. The molecule has 6 nitrogen and oxygen atoms in total. The van der Waals surface area contributed by atoms with E-state index >= 15 is 0 Å². The van der Waals surface area contributed by atoms with Crippen molar-refractivity contribution in [1.82, 2.24) is 0 Å². The molecule has 0 fully saturated rings. The molecule has 0 amide bonds. The van der Waals surface area contributed by atoms with Crippen LogP contribution >= 0.6 is 0 Å². The van der Waals surface area contributed by atoms with Crippen LogP contribution in [0, 0.1) is 11.8 Å². The summed E-state index contributed by atoms with van der Waals surface area (Å²) in [6.45, 7) is -1.60. The molecule has 0 aliphatic carbocycles. The number of hydrogen-bond donors (Lipinski definition) is 4. The van der Waals surface area contributed by atoms with Gasteiger partial charge in [0.15, 0.2) is 0 Å². The average Bonchev–Trinajstić information content (AvgIpc) is 1.98. The summed E-state index contributed by atoms with van der Waals surface area (Å²) in [6, 6.07) is 0. The van der Waals surface area contributed by atoms with Gasteiger partial charge in [-0.1, -0.05) is 0 Å². The summed E-state index contributed by atoms with van der Waals surface area (Å²) in [6.07, 6.45) is 0. The third kappa shape index (κ3) is 2.48. The monoisotopic (exact) mass is 178 g/mol. The molecule has 2 atom stereocenters. The molecule has 4 N–H and O–H groups in total. The van der Waals surface area contributed by atoms with Gasteiger partial charge in [0.2, 0.25) is 0 Å².